The number of benzene rings is 1. The van der Waals surface area contributed by atoms with Crippen LogP contribution in [0.1, 0.15) is 45.1 Å². The molecule has 0 fully saturated rings. The third-order valence-corrected chi connectivity index (χ3v) is 3.44. The van der Waals surface area contributed by atoms with E-state index in [1.807, 2.05) is 12.1 Å². The van der Waals surface area contributed by atoms with Crippen molar-refractivity contribution < 1.29 is 9.13 Å². The summed E-state index contributed by atoms with van der Waals surface area (Å²) < 4.78 is 19.5. The summed E-state index contributed by atoms with van der Waals surface area (Å²) >= 11 is 0. The zero-order valence-electron chi connectivity index (χ0n) is 13.0. The molecule has 3 heteroatoms. The van der Waals surface area contributed by atoms with Crippen molar-refractivity contribution in [3.05, 3.63) is 35.6 Å². The van der Waals surface area contributed by atoms with Crippen LogP contribution in [0.5, 0.6) is 0 Å². The molecule has 1 rings (SSSR count). The van der Waals surface area contributed by atoms with E-state index in [1.165, 1.54) is 6.07 Å². The number of hydrogen-bond donors (Lipinski definition) is 1. The van der Waals surface area contributed by atoms with Gasteiger partial charge in [-0.05, 0) is 36.9 Å². The molecule has 0 aromatic heterocycles. The van der Waals surface area contributed by atoms with Crippen molar-refractivity contribution in [1.29, 1.82) is 0 Å². The smallest absolute Gasteiger partial charge is 0.126 e. The molecule has 1 unspecified atom stereocenters. The maximum atomic E-state index is 13.9. The van der Waals surface area contributed by atoms with Crippen LogP contribution >= 0.6 is 0 Å². The summed E-state index contributed by atoms with van der Waals surface area (Å²) in [6.07, 6.45) is 1.93. The normalized spacial score (nSPS) is 12.8. The summed E-state index contributed by atoms with van der Waals surface area (Å²) in [4.78, 5) is 0. The van der Waals surface area contributed by atoms with Gasteiger partial charge in [-0.2, -0.15) is 0 Å². The number of halogens is 1. The summed E-state index contributed by atoms with van der Waals surface area (Å²) in [5.74, 6) is 0.729. The SMILES string of the molecule is CCNCC(CCOCCC(C)C)c1ccccc1F. The Morgan fingerprint density at radius 2 is 1.85 bits per heavy atom. The van der Waals surface area contributed by atoms with Gasteiger partial charge in [-0.25, -0.2) is 4.39 Å². The third kappa shape index (κ3) is 6.49. The third-order valence-electron chi connectivity index (χ3n) is 3.44. The molecule has 1 aromatic rings. The standard InChI is InChI=1S/C17H28FNO/c1-4-19-13-15(10-12-20-11-9-14(2)3)16-7-5-6-8-17(16)18/h5-8,14-15,19H,4,9-13H2,1-3H3. The van der Waals surface area contributed by atoms with E-state index in [9.17, 15) is 4.39 Å². The lowest BCUT2D eigenvalue weighted by Crippen LogP contribution is -2.23. The van der Waals surface area contributed by atoms with E-state index in [4.69, 9.17) is 4.74 Å². The molecule has 114 valence electrons. The Balaban J connectivity index is 2.46. The van der Waals surface area contributed by atoms with Crippen molar-refractivity contribution in [1.82, 2.24) is 5.32 Å². The summed E-state index contributed by atoms with van der Waals surface area (Å²) in [6.45, 7) is 9.63. The van der Waals surface area contributed by atoms with Gasteiger partial charge < -0.3 is 10.1 Å². The van der Waals surface area contributed by atoms with E-state index in [0.717, 1.165) is 38.1 Å². The molecule has 0 aliphatic heterocycles. The zero-order chi connectivity index (χ0) is 14.8. The highest BCUT2D eigenvalue weighted by Crippen LogP contribution is 2.22. The van der Waals surface area contributed by atoms with Gasteiger partial charge >= 0.3 is 0 Å². The molecule has 20 heavy (non-hydrogen) atoms. The van der Waals surface area contributed by atoms with Crippen molar-refractivity contribution in [2.24, 2.45) is 5.92 Å². The van der Waals surface area contributed by atoms with E-state index < -0.39 is 0 Å². The van der Waals surface area contributed by atoms with Crippen molar-refractivity contribution >= 4 is 0 Å². The van der Waals surface area contributed by atoms with Gasteiger partial charge in [0.2, 0.25) is 0 Å². The first kappa shape index (κ1) is 17.1. The molecule has 0 saturated carbocycles. The molecule has 0 aliphatic rings. The minimum absolute atomic E-state index is 0.113. The van der Waals surface area contributed by atoms with Crippen molar-refractivity contribution in [3.63, 3.8) is 0 Å². The maximum absolute atomic E-state index is 13.9. The summed E-state index contributed by atoms with van der Waals surface area (Å²) in [7, 11) is 0. The first-order valence-electron chi connectivity index (χ1n) is 7.68. The molecule has 2 nitrogen and oxygen atoms in total. The van der Waals surface area contributed by atoms with Crippen molar-refractivity contribution in [2.45, 2.75) is 39.5 Å². The number of nitrogens with one attached hydrogen (secondary N) is 1. The number of hydrogen-bond acceptors (Lipinski definition) is 2. The lowest BCUT2D eigenvalue weighted by Gasteiger charge is -2.18. The van der Waals surface area contributed by atoms with Crippen LogP contribution in [0.15, 0.2) is 24.3 Å². The van der Waals surface area contributed by atoms with Crippen LogP contribution < -0.4 is 5.32 Å². The minimum Gasteiger partial charge on any atom is -0.381 e. The fourth-order valence-electron chi connectivity index (χ4n) is 2.14. The van der Waals surface area contributed by atoms with Crippen LogP contribution in [-0.2, 0) is 4.74 Å². The van der Waals surface area contributed by atoms with Gasteiger partial charge in [-0.15, -0.1) is 0 Å². The average Bonchev–Trinajstić information content (AvgIpc) is 2.42. The second-order valence-corrected chi connectivity index (χ2v) is 5.61. The van der Waals surface area contributed by atoms with E-state index in [1.54, 1.807) is 6.07 Å². The molecule has 0 spiro atoms. The Bertz CT molecular complexity index is 368. The predicted octanol–water partition coefficient (Wildman–Crippen LogP) is 3.97. The van der Waals surface area contributed by atoms with Gasteiger partial charge in [0, 0.05) is 25.7 Å². The highest BCUT2D eigenvalue weighted by Gasteiger charge is 2.14. The van der Waals surface area contributed by atoms with Crippen LogP contribution in [0.3, 0.4) is 0 Å². The molecule has 0 heterocycles. The quantitative estimate of drug-likeness (QED) is 0.655. The summed E-state index contributed by atoms with van der Waals surface area (Å²) in [5.41, 5.74) is 0.793. The van der Waals surface area contributed by atoms with Gasteiger partial charge in [0.15, 0.2) is 0 Å². The van der Waals surface area contributed by atoms with E-state index in [-0.39, 0.29) is 11.7 Å². The topological polar surface area (TPSA) is 21.3 Å². The zero-order valence-corrected chi connectivity index (χ0v) is 13.0. The number of rotatable bonds is 10. The van der Waals surface area contributed by atoms with Gasteiger partial charge in [0.25, 0.3) is 0 Å². The Hall–Kier alpha value is -0.930. The summed E-state index contributed by atoms with van der Waals surface area (Å²) in [5, 5.41) is 3.31. The number of likely N-dealkylation sites (N-methyl/N-ethyl adjacent to an activating group) is 1. The monoisotopic (exact) mass is 281 g/mol. The van der Waals surface area contributed by atoms with Crippen molar-refractivity contribution in [2.75, 3.05) is 26.3 Å². The van der Waals surface area contributed by atoms with Gasteiger partial charge in [0.1, 0.15) is 5.82 Å². The molecule has 1 N–H and O–H groups in total. The second kappa shape index (κ2) is 9.89. The predicted molar refractivity (Wildman–Crippen MR) is 82.6 cm³/mol. The molecule has 0 amide bonds. The lowest BCUT2D eigenvalue weighted by atomic mass is 9.95. The molecule has 1 aromatic carbocycles. The molecule has 0 aliphatic carbocycles. The lowest BCUT2D eigenvalue weighted by molar-refractivity contribution is 0.116. The first-order chi connectivity index (χ1) is 9.65. The molecular weight excluding hydrogens is 253 g/mol. The van der Waals surface area contributed by atoms with Crippen LogP contribution in [0.25, 0.3) is 0 Å². The Morgan fingerprint density at radius 3 is 2.50 bits per heavy atom. The first-order valence-corrected chi connectivity index (χ1v) is 7.68. The highest BCUT2D eigenvalue weighted by molar-refractivity contribution is 5.22. The highest BCUT2D eigenvalue weighted by atomic mass is 19.1. The molecular formula is C17H28FNO. The molecule has 0 bridgehead atoms. The maximum Gasteiger partial charge on any atom is 0.126 e. The van der Waals surface area contributed by atoms with Gasteiger partial charge in [0.05, 0.1) is 0 Å². The minimum atomic E-state index is -0.113. The Morgan fingerprint density at radius 1 is 1.15 bits per heavy atom. The van der Waals surface area contributed by atoms with Crippen molar-refractivity contribution in [3.8, 4) is 0 Å². The van der Waals surface area contributed by atoms with E-state index in [2.05, 4.69) is 26.1 Å². The number of ether oxygens (including phenoxy) is 1. The fraction of sp³-hybridized carbons (Fsp3) is 0.647. The Kier molecular flexibility index (Phi) is 8.47. The fourth-order valence-corrected chi connectivity index (χ4v) is 2.14. The second-order valence-electron chi connectivity index (χ2n) is 5.61. The van der Waals surface area contributed by atoms with Crippen LogP contribution in [0, 0.1) is 11.7 Å². The van der Waals surface area contributed by atoms with Crippen LogP contribution in [0.4, 0.5) is 4.39 Å². The van der Waals surface area contributed by atoms with Crippen LogP contribution in [0.2, 0.25) is 0 Å². The van der Waals surface area contributed by atoms with Gasteiger partial charge in [-0.3, -0.25) is 0 Å². The van der Waals surface area contributed by atoms with Gasteiger partial charge in [-0.1, -0.05) is 39.0 Å². The Labute approximate surface area is 122 Å². The van der Waals surface area contributed by atoms with E-state index >= 15 is 0 Å². The van der Waals surface area contributed by atoms with E-state index in [0.29, 0.717) is 12.5 Å². The molecule has 1 atom stereocenters. The van der Waals surface area contributed by atoms with Crippen LogP contribution in [-0.4, -0.2) is 26.3 Å². The largest absolute Gasteiger partial charge is 0.381 e. The molecule has 0 radical (unpaired) electrons. The molecule has 0 saturated heterocycles. The summed E-state index contributed by atoms with van der Waals surface area (Å²) in [6, 6.07) is 7.05. The average molecular weight is 281 g/mol.